The van der Waals surface area contributed by atoms with Crippen LogP contribution in [0.3, 0.4) is 0 Å². The van der Waals surface area contributed by atoms with Gasteiger partial charge in [0.1, 0.15) is 17.3 Å². The summed E-state index contributed by atoms with van der Waals surface area (Å²) in [6, 6.07) is 9.18. The smallest absolute Gasteiger partial charge is 0.373 e. The number of ether oxygens (including phenoxy) is 1. The monoisotopic (exact) mass is 607 g/mol. The highest BCUT2D eigenvalue weighted by Crippen LogP contribution is 2.49. The van der Waals surface area contributed by atoms with E-state index in [-0.39, 0.29) is 53.2 Å². The van der Waals surface area contributed by atoms with Crippen molar-refractivity contribution in [1.82, 2.24) is 9.88 Å². The highest BCUT2D eigenvalue weighted by Gasteiger charge is 2.54. The van der Waals surface area contributed by atoms with Crippen molar-refractivity contribution in [1.29, 1.82) is 0 Å². The minimum absolute atomic E-state index is 0.0184. The number of amides is 1. The molecule has 6 rings (SSSR count). The van der Waals surface area contributed by atoms with Crippen LogP contribution in [0.5, 0.6) is 0 Å². The molecular formula is C29H29F4N3O5S. The number of alkyl halides is 3. The van der Waals surface area contributed by atoms with E-state index in [2.05, 4.69) is 5.16 Å². The standard InChI is InChI=1S/C29H29F4N3O5S/c1-2-11-42(38,39)35-28(37)17-9-10-23(22(30)12-17)36-14-19-24(36)13-25(19)40-15-20-26(34-41-27(20)16-7-8-16)18-5-3-4-6-21(18)29(31,32)33/h3-6,9-10,12,16,19,24-25H,2,7-8,11,13-15H2,1H3,(H,35,37)/t19?,24-,25-/m1/s1. The van der Waals surface area contributed by atoms with Gasteiger partial charge in [0.05, 0.1) is 29.7 Å². The predicted molar refractivity (Wildman–Crippen MR) is 145 cm³/mol. The molecule has 3 fully saturated rings. The van der Waals surface area contributed by atoms with E-state index in [0.29, 0.717) is 36.4 Å². The van der Waals surface area contributed by atoms with Gasteiger partial charge < -0.3 is 14.2 Å². The van der Waals surface area contributed by atoms with Crippen LogP contribution < -0.4 is 9.62 Å². The van der Waals surface area contributed by atoms with Crippen LogP contribution in [-0.2, 0) is 27.5 Å². The number of anilines is 1. The van der Waals surface area contributed by atoms with Crippen molar-refractivity contribution in [3.8, 4) is 11.3 Å². The molecule has 1 saturated heterocycles. The molecule has 1 N–H and O–H groups in total. The van der Waals surface area contributed by atoms with Crippen LogP contribution in [0.15, 0.2) is 47.0 Å². The molecular weight excluding hydrogens is 578 g/mol. The number of halogens is 4. The van der Waals surface area contributed by atoms with Crippen molar-refractivity contribution in [3.63, 3.8) is 0 Å². The summed E-state index contributed by atoms with van der Waals surface area (Å²) in [7, 11) is -3.78. The molecule has 3 aliphatic rings. The second-order valence-corrected chi connectivity index (χ2v) is 12.9. The van der Waals surface area contributed by atoms with Gasteiger partial charge in [-0.05, 0) is 49.9 Å². The number of nitrogens with one attached hydrogen (secondary N) is 1. The molecule has 1 amide bonds. The van der Waals surface area contributed by atoms with E-state index in [1.807, 2.05) is 9.62 Å². The molecule has 1 aliphatic heterocycles. The van der Waals surface area contributed by atoms with E-state index in [4.69, 9.17) is 9.26 Å². The van der Waals surface area contributed by atoms with Gasteiger partial charge in [-0.3, -0.25) is 4.79 Å². The Bertz CT molecular complexity index is 1620. The van der Waals surface area contributed by atoms with Gasteiger partial charge in [-0.1, -0.05) is 30.3 Å². The normalized spacial score (nSPS) is 21.8. The van der Waals surface area contributed by atoms with Crippen LogP contribution in [-0.4, -0.2) is 43.9 Å². The predicted octanol–water partition coefficient (Wildman–Crippen LogP) is 5.64. The number of nitrogens with zero attached hydrogens (tertiary/aromatic N) is 2. The molecule has 1 unspecified atom stereocenters. The molecule has 2 aliphatic carbocycles. The Hall–Kier alpha value is -3.45. The zero-order valence-corrected chi connectivity index (χ0v) is 23.5. The maximum atomic E-state index is 15.0. The lowest BCUT2D eigenvalue weighted by Crippen LogP contribution is -2.70. The van der Waals surface area contributed by atoms with E-state index < -0.39 is 33.5 Å². The van der Waals surface area contributed by atoms with E-state index in [1.54, 1.807) is 6.92 Å². The number of benzene rings is 2. The number of piperidine rings is 1. The first-order chi connectivity index (χ1) is 20.0. The van der Waals surface area contributed by atoms with Crippen LogP contribution in [0.4, 0.5) is 23.2 Å². The summed E-state index contributed by atoms with van der Waals surface area (Å²) in [6.07, 6.45) is -2.01. The number of hydrogen-bond acceptors (Lipinski definition) is 7. The van der Waals surface area contributed by atoms with Crippen LogP contribution in [0.2, 0.25) is 0 Å². The van der Waals surface area contributed by atoms with Gasteiger partial charge in [-0.2, -0.15) is 13.2 Å². The quantitative estimate of drug-likeness (QED) is 0.298. The Morgan fingerprint density at radius 1 is 1.19 bits per heavy atom. The molecule has 3 aromatic rings. The highest BCUT2D eigenvalue weighted by atomic mass is 32.2. The van der Waals surface area contributed by atoms with Crippen molar-refractivity contribution in [2.45, 2.75) is 63.5 Å². The molecule has 0 spiro atoms. The zero-order valence-electron chi connectivity index (χ0n) is 22.7. The fraction of sp³-hybridized carbons (Fsp3) is 0.448. The van der Waals surface area contributed by atoms with E-state index in [1.165, 1.54) is 30.3 Å². The highest BCUT2D eigenvalue weighted by molar-refractivity contribution is 7.90. The van der Waals surface area contributed by atoms with Crippen LogP contribution in [0, 0.1) is 11.7 Å². The number of sulfonamides is 1. The Kier molecular flexibility index (Phi) is 7.28. The Labute approximate surface area is 240 Å². The summed E-state index contributed by atoms with van der Waals surface area (Å²) in [5, 5.41) is 4.03. The van der Waals surface area contributed by atoms with Gasteiger partial charge in [-0.25, -0.2) is 17.5 Å². The first kappa shape index (κ1) is 28.7. The lowest BCUT2D eigenvalue weighted by molar-refractivity contribution is -0.137. The molecule has 2 aromatic carbocycles. The van der Waals surface area contributed by atoms with E-state index in [0.717, 1.165) is 25.0 Å². The molecule has 8 nitrogen and oxygen atoms in total. The first-order valence-corrected chi connectivity index (χ1v) is 15.5. The lowest BCUT2D eigenvalue weighted by atomic mass is 9.68. The van der Waals surface area contributed by atoms with Crippen LogP contribution >= 0.6 is 0 Å². The summed E-state index contributed by atoms with van der Waals surface area (Å²) in [6.45, 7) is 2.24. The lowest BCUT2D eigenvalue weighted by Gasteiger charge is -2.60. The third-order valence-electron chi connectivity index (χ3n) is 8.19. The zero-order chi connectivity index (χ0) is 29.8. The minimum Gasteiger partial charge on any atom is -0.373 e. The molecule has 13 heteroatoms. The average Bonchev–Trinajstić information content (AvgIpc) is 3.68. The van der Waals surface area contributed by atoms with Crippen LogP contribution in [0.1, 0.15) is 65.8 Å². The maximum Gasteiger partial charge on any atom is 0.417 e. The second kappa shape index (κ2) is 10.7. The van der Waals surface area contributed by atoms with Gasteiger partial charge in [-0.15, -0.1) is 0 Å². The third kappa shape index (κ3) is 5.39. The molecule has 2 heterocycles. The van der Waals surface area contributed by atoms with Crippen molar-refractivity contribution in [3.05, 3.63) is 70.7 Å². The second-order valence-electron chi connectivity index (χ2n) is 11.1. The Morgan fingerprint density at radius 3 is 2.60 bits per heavy atom. The summed E-state index contributed by atoms with van der Waals surface area (Å²) < 4.78 is 93.5. The van der Waals surface area contributed by atoms with Crippen molar-refractivity contribution >= 4 is 21.6 Å². The Balaban J connectivity index is 1.11. The molecule has 42 heavy (non-hydrogen) atoms. The average molecular weight is 608 g/mol. The molecule has 0 radical (unpaired) electrons. The summed E-state index contributed by atoms with van der Waals surface area (Å²) >= 11 is 0. The van der Waals surface area contributed by atoms with E-state index in [9.17, 15) is 30.8 Å². The summed E-state index contributed by atoms with van der Waals surface area (Å²) in [5.74, 6) is -0.922. The molecule has 1 aromatic heterocycles. The number of carbonyl (C=O) groups is 1. The number of fused-ring (bicyclic) bond motifs is 1. The van der Waals surface area contributed by atoms with Crippen molar-refractivity contribution < 1.29 is 40.0 Å². The summed E-state index contributed by atoms with van der Waals surface area (Å²) in [5.41, 5.74) is 0.0680. The van der Waals surface area contributed by atoms with Gasteiger partial charge in [0, 0.05) is 41.1 Å². The SMILES string of the molecule is CCCS(=O)(=O)NC(=O)c1ccc(N2CC3[C@H]2C[C@H]3OCc2c(-c3ccccc3C(F)(F)F)noc2C2CC2)c(F)c1. The van der Waals surface area contributed by atoms with Gasteiger partial charge in [0.25, 0.3) is 5.91 Å². The topological polar surface area (TPSA) is 102 Å². The van der Waals surface area contributed by atoms with Crippen LogP contribution in [0.25, 0.3) is 11.3 Å². The van der Waals surface area contributed by atoms with Gasteiger partial charge >= 0.3 is 6.18 Å². The molecule has 224 valence electrons. The Morgan fingerprint density at radius 2 is 1.95 bits per heavy atom. The molecule has 3 atom stereocenters. The third-order valence-corrected chi connectivity index (χ3v) is 9.63. The summed E-state index contributed by atoms with van der Waals surface area (Å²) in [4.78, 5) is 14.2. The first-order valence-electron chi connectivity index (χ1n) is 13.8. The minimum atomic E-state index is -4.55. The fourth-order valence-electron chi connectivity index (χ4n) is 5.80. The fourth-order valence-corrected chi connectivity index (χ4v) is 6.84. The number of hydrogen-bond donors (Lipinski definition) is 1. The largest absolute Gasteiger partial charge is 0.417 e. The van der Waals surface area contributed by atoms with Crippen molar-refractivity contribution in [2.75, 3.05) is 17.2 Å². The van der Waals surface area contributed by atoms with Gasteiger partial charge in [0.15, 0.2) is 0 Å². The number of aromatic nitrogens is 1. The van der Waals surface area contributed by atoms with Gasteiger partial charge in [0.2, 0.25) is 10.0 Å². The molecule has 0 bridgehead atoms. The maximum absolute atomic E-state index is 15.0. The van der Waals surface area contributed by atoms with Crippen molar-refractivity contribution in [2.24, 2.45) is 5.92 Å². The van der Waals surface area contributed by atoms with E-state index >= 15 is 0 Å². The molecule has 2 saturated carbocycles. The number of carbonyl (C=O) groups excluding carboxylic acids is 1. The number of rotatable bonds is 10.